The summed E-state index contributed by atoms with van der Waals surface area (Å²) in [4.78, 5) is 38.5. The van der Waals surface area contributed by atoms with Crippen molar-refractivity contribution in [3.8, 4) is 0 Å². The molecule has 3 aliphatic rings. The normalized spacial score (nSPS) is 30.3. The highest BCUT2D eigenvalue weighted by Gasteiger charge is 2.58. The Bertz CT molecular complexity index is 708. The molecule has 0 unspecified atom stereocenters. The van der Waals surface area contributed by atoms with Gasteiger partial charge >= 0.3 is 0 Å². The topological polar surface area (TPSA) is 66.5 Å². The van der Waals surface area contributed by atoms with Crippen LogP contribution in [0.15, 0.2) is 22.9 Å². The molecule has 1 saturated carbocycles. The molecule has 2 heterocycles. The summed E-state index contributed by atoms with van der Waals surface area (Å²) in [5.41, 5.74) is 1.67. The van der Waals surface area contributed by atoms with Crippen LogP contribution >= 0.6 is 11.3 Å². The molecule has 1 aromatic heterocycles. The summed E-state index contributed by atoms with van der Waals surface area (Å²) in [7, 11) is 0. The molecule has 3 amide bonds. The lowest BCUT2D eigenvalue weighted by atomic mass is 9.85. The van der Waals surface area contributed by atoms with Crippen LogP contribution in [-0.4, -0.2) is 35.7 Å². The SMILES string of the molecule is Cc1cscc1C(=O)NCCCN1C(=O)[C@H]2[C@H](C1=O)[C@H]1C=C[C@H]2C1. The molecule has 0 radical (unpaired) electrons. The van der Waals surface area contributed by atoms with E-state index in [0.29, 0.717) is 25.1 Å². The Kier molecular flexibility index (Phi) is 3.79. The number of carbonyl (C=O) groups excluding carboxylic acids is 3. The molecule has 1 aromatic rings. The smallest absolute Gasteiger partial charge is 0.252 e. The summed E-state index contributed by atoms with van der Waals surface area (Å²) in [6.07, 6.45) is 5.75. The zero-order valence-electron chi connectivity index (χ0n) is 13.5. The Labute approximate surface area is 144 Å². The lowest BCUT2D eigenvalue weighted by molar-refractivity contribution is -0.140. The zero-order chi connectivity index (χ0) is 16.8. The molecule has 2 aliphatic carbocycles. The van der Waals surface area contributed by atoms with Crippen molar-refractivity contribution in [1.82, 2.24) is 10.2 Å². The predicted octanol–water partition coefficient (Wildman–Crippen LogP) is 1.98. The predicted molar refractivity (Wildman–Crippen MR) is 90.4 cm³/mol. The van der Waals surface area contributed by atoms with E-state index in [0.717, 1.165) is 12.0 Å². The molecular weight excluding hydrogens is 324 g/mol. The number of nitrogens with zero attached hydrogens (tertiary/aromatic N) is 1. The highest BCUT2D eigenvalue weighted by Crippen LogP contribution is 2.52. The van der Waals surface area contributed by atoms with E-state index >= 15 is 0 Å². The van der Waals surface area contributed by atoms with Crippen LogP contribution in [0.3, 0.4) is 0 Å². The summed E-state index contributed by atoms with van der Waals surface area (Å²) in [6.45, 7) is 2.77. The monoisotopic (exact) mass is 344 g/mol. The Morgan fingerprint density at radius 3 is 2.46 bits per heavy atom. The standard InChI is InChI=1S/C18H20N2O3S/c1-10-8-24-9-13(10)16(21)19-5-2-6-20-17(22)14-11-3-4-12(7-11)15(14)18(20)23/h3-4,8-9,11-12,14-15H,2,5-7H2,1H3,(H,19,21)/t11-,12-,14+,15+/m0/s1. The van der Waals surface area contributed by atoms with Gasteiger partial charge in [0, 0.05) is 18.5 Å². The average Bonchev–Trinajstić information content (AvgIpc) is 3.31. The van der Waals surface area contributed by atoms with Crippen LogP contribution in [0.25, 0.3) is 0 Å². The number of fused-ring (bicyclic) bond motifs is 5. The first-order valence-electron chi connectivity index (χ1n) is 8.42. The number of amides is 3. The number of allylic oxidation sites excluding steroid dienone is 2. The highest BCUT2D eigenvalue weighted by molar-refractivity contribution is 7.08. The molecule has 1 N–H and O–H groups in total. The average molecular weight is 344 g/mol. The Hall–Kier alpha value is -1.95. The molecule has 6 heteroatoms. The second-order valence-electron chi connectivity index (χ2n) is 6.91. The van der Waals surface area contributed by atoms with E-state index in [-0.39, 0.29) is 41.4 Å². The van der Waals surface area contributed by atoms with Crippen LogP contribution in [0.2, 0.25) is 0 Å². The van der Waals surface area contributed by atoms with Crippen molar-refractivity contribution >= 4 is 29.1 Å². The number of imide groups is 1. The molecule has 4 atom stereocenters. The molecule has 5 nitrogen and oxygen atoms in total. The van der Waals surface area contributed by atoms with Gasteiger partial charge in [0.05, 0.1) is 17.4 Å². The van der Waals surface area contributed by atoms with Crippen LogP contribution in [0.5, 0.6) is 0 Å². The minimum absolute atomic E-state index is 0.0122. The van der Waals surface area contributed by atoms with E-state index in [1.165, 1.54) is 16.2 Å². The van der Waals surface area contributed by atoms with Crippen LogP contribution in [0.1, 0.15) is 28.8 Å². The lowest BCUT2D eigenvalue weighted by Gasteiger charge is -2.17. The van der Waals surface area contributed by atoms with E-state index in [1.54, 1.807) is 0 Å². The second kappa shape index (κ2) is 5.84. The van der Waals surface area contributed by atoms with Crippen molar-refractivity contribution in [2.24, 2.45) is 23.7 Å². The third kappa shape index (κ3) is 2.32. The molecule has 1 saturated heterocycles. The minimum atomic E-state index is -0.129. The third-order valence-corrected chi connectivity index (χ3v) is 6.37. The molecule has 0 spiro atoms. The van der Waals surface area contributed by atoms with Gasteiger partial charge in [-0.15, -0.1) is 0 Å². The summed E-state index contributed by atoms with van der Waals surface area (Å²) in [5, 5.41) is 6.64. The Balaban J connectivity index is 1.30. The molecule has 24 heavy (non-hydrogen) atoms. The number of aryl methyl sites for hydroxylation is 1. The van der Waals surface area contributed by atoms with Crippen LogP contribution < -0.4 is 5.32 Å². The largest absolute Gasteiger partial charge is 0.352 e. The van der Waals surface area contributed by atoms with Gasteiger partial charge in [0.15, 0.2) is 0 Å². The van der Waals surface area contributed by atoms with Crippen LogP contribution in [0.4, 0.5) is 0 Å². The fourth-order valence-corrected chi connectivity index (χ4v) is 5.14. The molecule has 1 aliphatic heterocycles. The van der Waals surface area contributed by atoms with Crippen molar-refractivity contribution in [3.05, 3.63) is 34.0 Å². The lowest BCUT2D eigenvalue weighted by Crippen LogP contribution is -2.35. The van der Waals surface area contributed by atoms with Crippen molar-refractivity contribution in [1.29, 1.82) is 0 Å². The number of likely N-dealkylation sites (tertiary alicyclic amines) is 1. The highest BCUT2D eigenvalue weighted by atomic mass is 32.1. The summed E-state index contributed by atoms with van der Waals surface area (Å²) in [5.74, 6) is 0.132. The summed E-state index contributed by atoms with van der Waals surface area (Å²) in [6, 6.07) is 0. The number of rotatable bonds is 5. The van der Waals surface area contributed by atoms with Gasteiger partial charge in [-0.3, -0.25) is 19.3 Å². The van der Waals surface area contributed by atoms with Gasteiger partial charge < -0.3 is 5.32 Å². The maximum Gasteiger partial charge on any atom is 0.252 e. The number of thiophene rings is 1. The maximum atomic E-state index is 12.5. The summed E-state index contributed by atoms with van der Waals surface area (Å²) < 4.78 is 0. The quantitative estimate of drug-likeness (QED) is 0.505. The number of carbonyl (C=O) groups is 3. The van der Waals surface area contributed by atoms with Crippen molar-refractivity contribution in [2.75, 3.05) is 13.1 Å². The van der Waals surface area contributed by atoms with E-state index < -0.39 is 0 Å². The van der Waals surface area contributed by atoms with Gasteiger partial charge in [-0.05, 0) is 42.5 Å². The first-order valence-corrected chi connectivity index (χ1v) is 9.36. The first kappa shape index (κ1) is 15.6. The van der Waals surface area contributed by atoms with Crippen molar-refractivity contribution in [2.45, 2.75) is 19.8 Å². The van der Waals surface area contributed by atoms with E-state index in [1.807, 2.05) is 17.7 Å². The Morgan fingerprint density at radius 2 is 1.88 bits per heavy atom. The summed E-state index contributed by atoms with van der Waals surface area (Å²) >= 11 is 1.51. The van der Waals surface area contributed by atoms with Gasteiger partial charge in [0.2, 0.25) is 11.8 Å². The van der Waals surface area contributed by atoms with Gasteiger partial charge in [0.1, 0.15) is 0 Å². The van der Waals surface area contributed by atoms with E-state index in [9.17, 15) is 14.4 Å². The fraction of sp³-hybridized carbons (Fsp3) is 0.500. The Morgan fingerprint density at radius 1 is 1.21 bits per heavy atom. The van der Waals surface area contributed by atoms with Gasteiger partial charge in [-0.1, -0.05) is 12.2 Å². The van der Waals surface area contributed by atoms with Gasteiger partial charge in [0.25, 0.3) is 5.91 Å². The molecule has 126 valence electrons. The third-order valence-electron chi connectivity index (χ3n) is 5.51. The number of hydrogen-bond acceptors (Lipinski definition) is 4. The van der Waals surface area contributed by atoms with Crippen LogP contribution in [0, 0.1) is 30.6 Å². The van der Waals surface area contributed by atoms with Crippen molar-refractivity contribution < 1.29 is 14.4 Å². The van der Waals surface area contributed by atoms with Gasteiger partial charge in [-0.2, -0.15) is 11.3 Å². The molecular formula is C18H20N2O3S. The number of nitrogens with one attached hydrogen (secondary N) is 1. The molecule has 0 aromatic carbocycles. The fourth-order valence-electron chi connectivity index (χ4n) is 4.31. The molecule has 2 bridgehead atoms. The molecule has 4 rings (SSSR count). The first-order chi connectivity index (χ1) is 11.6. The van der Waals surface area contributed by atoms with Crippen molar-refractivity contribution in [3.63, 3.8) is 0 Å². The van der Waals surface area contributed by atoms with E-state index in [4.69, 9.17) is 0 Å². The zero-order valence-corrected chi connectivity index (χ0v) is 14.3. The number of hydrogen-bond donors (Lipinski definition) is 1. The van der Waals surface area contributed by atoms with Crippen LogP contribution in [-0.2, 0) is 9.59 Å². The minimum Gasteiger partial charge on any atom is -0.352 e. The molecule has 2 fully saturated rings. The van der Waals surface area contributed by atoms with Gasteiger partial charge in [-0.25, -0.2) is 0 Å². The second-order valence-corrected chi connectivity index (χ2v) is 7.65. The maximum absolute atomic E-state index is 12.5. The van der Waals surface area contributed by atoms with E-state index in [2.05, 4.69) is 17.5 Å².